The van der Waals surface area contributed by atoms with E-state index < -0.39 is 0 Å². The van der Waals surface area contributed by atoms with Gasteiger partial charge in [-0.2, -0.15) is 5.10 Å². The molecule has 1 aromatic carbocycles. The lowest BCUT2D eigenvalue weighted by Crippen LogP contribution is -2.29. The van der Waals surface area contributed by atoms with Crippen LogP contribution >= 0.6 is 11.3 Å². The molecule has 3 heterocycles. The van der Waals surface area contributed by atoms with Crippen LogP contribution < -0.4 is 0 Å². The van der Waals surface area contributed by atoms with Gasteiger partial charge in [-0.1, -0.05) is 30.3 Å². The van der Waals surface area contributed by atoms with Gasteiger partial charge < -0.3 is 4.90 Å². The summed E-state index contributed by atoms with van der Waals surface area (Å²) in [4.78, 5) is 16.9. The molecule has 0 spiro atoms. The lowest BCUT2D eigenvalue weighted by molar-refractivity contribution is 0.0740. The molecule has 0 N–H and O–H groups in total. The number of aromatic nitrogens is 2. The molecular formula is C18H19N3OS. The first kappa shape index (κ1) is 14.5. The van der Waals surface area contributed by atoms with Crippen LogP contribution in [0.4, 0.5) is 0 Å². The molecule has 0 bridgehead atoms. The minimum atomic E-state index is 0.150. The van der Waals surface area contributed by atoms with Crippen molar-refractivity contribution < 1.29 is 4.79 Å². The van der Waals surface area contributed by atoms with Crippen LogP contribution in [-0.4, -0.2) is 27.1 Å². The van der Waals surface area contributed by atoms with Crippen LogP contribution in [0.2, 0.25) is 0 Å². The number of carbonyl (C=O) groups is 1. The second-order valence-corrected chi connectivity index (χ2v) is 7.14. The molecule has 5 heteroatoms. The maximum atomic E-state index is 13.0. The van der Waals surface area contributed by atoms with Crippen LogP contribution in [0.1, 0.15) is 39.8 Å². The van der Waals surface area contributed by atoms with Crippen molar-refractivity contribution in [3.05, 3.63) is 52.5 Å². The number of benzene rings is 1. The van der Waals surface area contributed by atoms with Crippen LogP contribution in [0.25, 0.3) is 10.2 Å². The van der Waals surface area contributed by atoms with E-state index in [1.165, 1.54) is 5.56 Å². The van der Waals surface area contributed by atoms with Crippen LogP contribution in [0.5, 0.6) is 0 Å². The van der Waals surface area contributed by atoms with Crippen molar-refractivity contribution in [1.29, 1.82) is 0 Å². The van der Waals surface area contributed by atoms with Crippen LogP contribution in [0, 0.1) is 6.92 Å². The number of carbonyl (C=O) groups excluding carboxylic acids is 1. The van der Waals surface area contributed by atoms with Crippen LogP contribution in [0.3, 0.4) is 0 Å². The van der Waals surface area contributed by atoms with Gasteiger partial charge in [0.2, 0.25) is 0 Å². The summed E-state index contributed by atoms with van der Waals surface area (Å²) in [6.07, 6.45) is 2.11. The molecule has 1 unspecified atom stereocenters. The highest BCUT2D eigenvalue weighted by Gasteiger charge is 2.31. The Morgan fingerprint density at radius 3 is 2.83 bits per heavy atom. The number of fused-ring (bicyclic) bond motifs is 1. The van der Waals surface area contributed by atoms with Crippen molar-refractivity contribution in [3.63, 3.8) is 0 Å². The number of nitrogens with zero attached hydrogens (tertiary/aromatic N) is 3. The zero-order valence-electron chi connectivity index (χ0n) is 13.3. The molecule has 4 rings (SSSR count). The topological polar surface area (TPSA) is 38.1 Å². The monoisotopic (exact) mass is 325 g/mol. The minimum Gasteiger partial charge on any atom is -0.331 e. The molecule has 4 nitrogen and oxygen atoms in total. The number of aryl methyl sites for hydroxylation is 2. The maximum absolute atomic E-state index is 13.0. The van der Waals surface area contributed by atoms with Crippen molar-refractivity contribution in [1.82, 2.24) is 14.7 Å². The first-order chi connectivity index (χ1) is 11.1. The second-order valence-electron chi connectivity index (χ2n) is 6.11. The summed E-state index contributed by atoms with van der Waals surface area (Å²) in [5.74, 6) is 0.150. The van der Waals surface area contributed by atoms with Gasteiger partial charge in [0.1, 0.15) is 4.83 Å². The van der Waals surface area contributed by atoms with Gasteiger partial charge in [0.25, 0.3) is 5.91 Å². The summed E-state index contributed by atoms with van der Waals surface area (Å²) in [5.41, 5.74) is 2.22. The third-order valence-electron chi connectivity index (χ3n) is 4.60. The summed E-state index contributed by atoms with van der Waals surface area (Å²) in [5, 5.41) is 5.51. The quantitative estimate of drug-likeness (QED) is 0.716. The third kappa shape index (κ3) is 2.36. The zero-order chi connectivity index (χ0) is 16.0. The Bertz CT molecular complexity index is 831. The number of rotatable bonds is 2. The largest absolute Gasteiger partial charge is 0.331 e. The molecule has 2 aromatic heterocycles. The molecule has 0 radical (unpaired) electrons. The maximum Gasteiger partial charge on any atom is 0.264 e. The average molecular weight is 325 g/mol. The first-order valence-electron chi connectivity index (χ1n) is 7.94. The van der Waals surface area contributed by atoms with E-state index >= 15 is 0 Å². The molecule has 0 aliphatic carbocycles. The Morgan fingerprint density at radius 2 is 2.09 bits per heavy atom. The van der Waals surface area contributed by atoms with E-state index in [1.54, 1.807) is 11.3 Å². The molecule has 1 aliphatic rings. The number of amides is 1. The highest BCUT2D eigenvalue weighted by atomic mass is 32.1. The van der Waals surface area contributed by atoms with Gasteiger partial charge in [-0.05, 0) is 31.4 Å². The van der Waals surface area contributed by atoms with E-state index in [9.17, 15) is 4.79 Å². The fourth-order valence-electron chi connectivity index (χ4n) is 3.48. The zero-order valence-corrected chi connectivity index (χ0v) is 14.1. The summed E-state index contributed by atoms with van der Waals surface area (Å²) in [6, 6.07) is 12.6. The summed E-state index contributed by atoms with van der Waals surface area (Å²) in [6.45, 7) is 2.83. The second kappa shape index (κ2) is 5.49. The molecule has 3 aromatic rings. The normalized spacial score (nSPS) is 18.0. The Balaban J connectivity index is 1.68. The Morgan fingerprint density at radius 1 is 1.30 bits per heavy atom. The molecule has 1 saturated heterocycles. The molecule has 1 aliphatic heterocycles. The molecule has 23 heavy (non-hydrogen) atoms. The average Bonchev–Trinajstić information content (AvgIpc) is 3.26. The van der Waals surface area contributed by atoms with Crippen LogP contribution in [-0.2, 0) is 7.05 Å². The first-order valence-corrected chi connectivity index (χ1v) is 8.76. The van der Waals surface area contributed by atoms with Gasteiger partial charge in [-0.15, -0.1) is 11.3 Å². The van der Waals surface area contributed by atoms with Gasteiger partial charge in [0, 0.05) is 19.0 Å². The molecular weight excluding hydrogens is 306 g/mol. The van der Waals surface area contributed by atoms with Gasteiger partial charge >= 0.3 is 0 Å². The summed E-state index contributed by atoms with van der Waals surface area (Å²) < 4.78 is 1.87. The van der Waals surface area contributed by atoms with Crippen molar-refractivity contribution in [2.45, 2.75) is 25.8 Å². The lowest BCUT2D eigenvalue weighted by Gasteiger charge is -2.24. The van der Waals surface area contributed by atoms with Gasteiger partial charge in [-0.25, -0.2) is 0 Å². The molecule has 1 atom stereocenters. The Labute approximate surface area is 139 Å². The van der Waals surface area contributed by atoms with E-state index in [0.717, 1.165) is 40.2 Å². The van der Waals surface area contributed by atoms with E-state index in [0.29, 0.717) is 0 Å². The fourth-order valence-corrected chi connectivity index (χ4v) is 4.56. The standard InChI is InChI=1S/C18H19N3OS/c1-12-14-11-16(23-18(14)20(2)19-12)17(22)21-10-6-9-15(21)13-7-4-3-5-8-13/h3-5,7-8,11,15H,6,9-10H2,1-2H3. The van der Waals surface area contributed by atoms with Crippen molar-refractivity contribution in [2.75, 3.05) is 6.54 Å². The number of hydrogen-bond donors (Lipinski definition) is 0. The highest BCUT2D eigenvalue weighted by Crippen LogP contribution is 2.35. The van der Waals surface area contributed by atoms with Gasteiger partial charge in [0.05, 0.1) is 16.6 Å². The number of likely N-dealkylation sites (tertiary alicyclic amines) is 1. The fraction of sp³-hybridized carbons (Fsp3) is 0.333. The molecule has 1 amide bonds. The van der Waals surface area contributed by atoms with E-state index in [4.69, 9.17) is 0 Å². The number of hydrogen-bond acceptors (Lipinski definition) is 3. The smallest absolute Gasteiger partial charge is 0.264 e. The Kier molecular flexibility index (Phi) is 3.45. The van der Waals surface area contributed by atoms with E-state index in [1.807, 2.05) is 47.8 Å². The third-order valence-corrected chi connectivity index (χ3v) is 5.79. The number of thiophene rings is 1. The predicted molar refractivity (Wildman–Crippen MR) is 92.8 cm³/mol. The van der Waals surface area contributed by atoms with E-state index in [2.05, 4.69) is 17.2 Å². The summed E-state index contributed by atoms with van der Waals surface area (Å²) >= 11 is 1.55. The SMILES string of the molecule is Cc1nn(C)c2sc(C(=O)N3CCCC3c3ccccc3)cc12. The Hall–Kier alpha value is -2.14. The minimum absolute atomic E-state index is 0.150. The summed E-state index contributed by atoms with van der Waals surface area (Å²) in [7, 11) is 1.93. The van der Waals surface area contributed by atoms with Crippen molar-refractivity contribution in [2.24, 2.45) is 7.05 Å². The van der Waals surface area contributed by atoms with E-state index in [-0.39, 0.29) is 11.9 Å². The molecule has 1 fully saturated rings. The van der Waals surface area contributed by atoms with Crippen molar-refractivity contribution in [3.8, 4) is 0 Å². The lowest BCUT2D eigenvalue weighted by atomic mass is 10.0. The van der Waals surface area contributed by atoms with Crippen molar-refractivity contribution >= 4 is 27.5 Å². The van der Waals surface area contributed by atoms with Gasteiger partial charge in [0.15, 0.2) is 0 Å². The molecule has 118 valence electrons. The highest BCUT2D eigenvalue weighted by molar-refractivity contribution is 7.20. The van der Waals surface area contributed by atoms with Gasteiger partial charge in [-0.3, -0.25) is 9.48 Å². The molecule has 0 saturated carbocycles. The predicted octanol–water partition coefficient (Wildman–Crippen LogP) is 3.92. The van der Waals surface area contributed by atoms with Crippen LogP contribution in [0.15, 0.2) is 36.4 Å².